The van der Waals surface area contributed by atoms with Crippen LogP contribution in [0.5, 0.6) is 11.5 Å². The van der Waals surface area contributed by atoms with Crippen molar-refractivity contribution in [3.05, 3.63) is 77.1 Å². The summed E-state index contributed by atoms with van der Waals surface area (Å²) in [6, 6.07) is 13.0. The third-order valence-corrected chi connectivity index (χ3v) is 5.21. The van der Waals surface area contributed by atoms with Crippen molar-refractivity contribution in [2.45, 2.75) is 59.3 Å². The minimum Gasteiger partial charge on any atom is -0.481 e. The van der Waals surface area contributed by atoms with E-state index >= 15 is 0 Å². The van der Waals surface area contributed by atoms with E-state index in [4.69, 9.17) is 14.6 Å². The number of ether oxygens (including phenoxy) is 2. The highest BCUT2D eigenvalue weighted by Gasteiger charge is 2.14. The molecule has 0 bridgehead atoms. The molecule has 0 saturated carbocycles. The summed E-state index contributed by atoms with van der Waals surface area (Å²) in [6.07, 6.45) is 11.8. The molecule has 5 nitrogen and oxygen atoms in total. The average molecular weight is 451 g/mol. The number of allylic oxidation sites excluding steroid dienone is 3. The van der Waals surface area contributed by atoms with Gasteiger partial charge in [-0.25, -0.2) is 4.79 Å². The van der Waals surface area contributed by atoms with Gasteiger partial charge in [0.25, 0.3) is 0 Å². The van der Waals surface area contributed by atoms with Crippen LogP contribution in [0, 0.1) is 0 Å². The Labute approximate surface area is 196 Å². The molecule has 0 aliphatic heterocycles. The van der Waals surface area contributed by atoms with Crippen molar-refractivity contribution in [3.63, 3.8) is 0 Å². The maximum atomic E-state index is 12.8. The fourth-order valence-electron chi connectivity index (χ4n) is 3.33. The van der Waals surface area contributed by atoms with Crippen molar-refractivity contribution in [2.75, 3.05) is 6.61 Å². The van der Waals surface area contributed by atoms with Crippen LogP contribution in [0.15, 0.2) is 60.4 Å². The third kappa shape index (κ3) is 8.97. The number of carboxylic acid groups (broad SMARTS) is 1. The first-order chi connectivity index (χ1) is 16.0. The summed E-state index contributed by atoms with van der Waals surface area (Å²) in [5, 5.41) is 8.99. The molecule has 0 amide bonds. The van der Waals surface area contributed by atoms with Gasteiger partial charge in [0.15, 0.2) is 12.4 Å². The molecule has 2 aromatic carbocycles. The molecule has 0 heterocycles. The van der Waals surface area contributed by atoms with E-state index in [-0.39, 0.29) is 17.1 Å². The molecule has 2 rings (SSSR count). The Morgan fingerprint density at radius 2 is 1.76 bits per heavy atom. The van der Waals surface area contributed by atoms with Crippen molar-refractivity contribution >= 4 is 17.8 Å². The molecular weight excluding hydrogens is 416 g/mol. The largest absolute Gasteiger partial charge is 0.481 e. The van der Waals surface area contributed by atoms with E-state index in [1.165, 1.54) is 37.3 Å². The minimum absolute atomic E-state index is 0.179. The van der Waals surface area contributed by atoms with Crippen LogP contribution in [-0.2, 0) is 11.2 Å². The number of aliphatic carboxylic acids is 1. The summed E-state index contributed by atoms with van der Waals surface area (Å²) < 4.78 is 11.2. The predicted molar refractivity (Wildman–Crippen MR) is 132 cm³/mol. The molecule has 0 aliphatic carbocycles. The van der Waals surface area contributed by atoms with Crippen LogP contribution in [0.25, 0.3) is 6.08 Å². The van der Waals surface area contributed by atoms with Gasteiger partial charge in [0.2, 0.25) is 0 Å². The third-order valence-electron chi connectivity index (χ3n) is 5.21. The second-order valence-corrected chi connectivity index (χ2v) is 7.80. The molecule has 2 aromatic rings. The fourth-order valence-corrected chi connectivity index (χ4v) is 3.33. The first-order valence-electron chi connectivity index (χ1n) is 11.6. The molecule has 5 heteroatoms. The monoisotopic (exact) mass is 450 g/mol. The Morgan fingerprint density at radius 1 is 1.00 bits per heavy atom. The van der Waals surface area contributed by atoms with Gasteiger partial charge in [-0.15, -0.1) is 0 Å². The first-order valence-corrected chi connectivity index (χ1v) is 11.6. The van der Waals surface area contributed by atoms with Crippen LogP contribution >= 0.6 is 0 Å². The van der Waals surface area contributed by atoms with E-state index in [2.05, 4.69) is 19.1 Å². The lowest BCUT2D eigenvalue weighted by Crippen LogP contribution is -2.12. The maximum absolute atomic E-state index is 12.8. The van der Waals surface area contributed by atoms with Gasteiger partial charge in [-0.2, -0.15) is 0 Å². The lowest BCUT2D eigenvalue weighted by atomic mass is 10.0. The van der Waals surface area contributed by atoms with Crippen molar-refractivity contribution in [2.24, 2.45) is 0 Å². The van der Waals surface area contributed by atoms with Gasteiger partial charge in [0.05, 0.1) is 11.3 Å². The Morgan fingerprint density at radius 3 is 2.39 bits per heavy atom. The molecule has 0 aromatic heterocycles. The molecule has 0 atom stereocenters. The van der Waals surface area contributed by atoms with Crippen molar-refractivity contribution in [1.82, 2.24) is 0 Å². The number of hydrogen-bond donors (Lipinski definition) is 1. The van der Waals surface area contributed by atoms with Crippen molar-refractivity contribution in [3.8, 4) is 11.5 Å². The summed E-state index contributed by atoms with van der Waals surface area (Å²) in [5.74, 6) is 0.0472. The molecule has 1 N–H and O–H groups in total. The zero-order valence-corrected chi connectivity index (χ0v) is 19.8. The Balaban J connectivity index is 2.12. The molecule has 33 heavy (non-hydrogen) atoms. The summed E-state index contributed by atoms with van der Waals surface area (Å²) in [5.41, 5.74) is 2.50. The van der Waals surface area contributed by atoms with Gasteiger partial charge in [0.1, 0.15) is 11.5 Å². The van der Waals surface area contributed by atoms with Gasteiger partial charge < -0.3 is 14.6 Å². The predicted octanol–water partition coefficient (Wildman–Crippen LogP) is 6.86. The van der Waals surface area contributed by atoms with Crippen LogP contribution in [0.4, 0.5) is 0 Å². The second kappa shape index (κ2) is 13.9. The molecule has 0 saturated heterocycles. The zero-order valence-electron chi connectivity index (χ0n) is 19.8. The van der Waals surface area contributed by atoms with Crippen molar-refractivity contribution in [1.29, 1.82) is 0 Å². The molecular formula is C28H34O5. The summed E-state index contributed by atoms with van der Waals surface area (Å²) in [6.45, 7) is 5.51. The molecule has 0 aliphatic rings. The number of benzene rings is 2. The highest BCUT2D eigenvalue weighted by molar-refractivity contribution is 6.08. The van der Waals surface area contributed by atoms with Crippen LogP contribution in [0.2, 0.25) is 0 Å². The number of carbonyl (C=O) groups is 2. The van der Waals surface area contributed by atoms with Gasteiger partial charge in [-0.1, -0.05) is 63.5 Å². The molecule has 0 unspecified atom stereocenters. The lowest BCUT2D eigenvalue weighted by Gasteiger charge is -2.12. The maximum Gasteiger partial charge on any atom is 0.341 e. The summed E-state index contributed by atoms with van der Waals surface area (Å²) >= 11 is 0. The number of ketones is 1. The molecule has 0 radical (unpaired) electrons. The number of hydrogen-bond acceptors (Lipinski definition) is 4. The van der Waals surface area contributed by atoms with Gasteiger partial charge in [0, 0.05) is 12.5 Å². The molecule has 0 fully saturated rings. The highest BCUT2D eigenvalue weighted by Crippen LogP contribution is 2.28. The SMILES string of the molecule is C/C=C(/CC)Oc1ccc(C(=O)/C=C\c2ccc(CCCCCC)cc2)c(OCC(=O)O)c1. The van der Waals surface area contributed by atoms with Crippen molar-refractivity contribution < 1.29 is 24.2 Å². The van der Waals surface area contributed by atoms with Crippen LogP contribution < -0.4 is 9.47 Å². The number of rotatable bonds is 14. The zero-order chi connectivity index (χ0) is 24.1. The van der Waals surface area contributed by atoms with E-state index in [9.17, 15) is 9.59 Å². The number of carboxylic acids is 1. The average Bonchev–Trinajstić information content (AvgIpc) is 2.83. The smallest absolute Gasteiger partial charge is 0.341 e. The first kappa shape index (κ1) is 25.9. The minimum atomic E-state index is -1.12. The standard InChI is InChI=1S/C28H34O5/c1-4-7-8-9-10-21-11-13-22(14-12-21)15-18-26(29)25-17-16-24(33-23(5-2)6-3)19-27(25)32-20-28(30)31/h5,11-19H,4,6-10,20H2,1-3H3,(H,30,31)/b18-15-,23-5-. The Kier molecular flexibility index (Phi) is 10.9. The van der Waals surface area contributed by atoms with Gasteiger partial charge in [-0.05, 0) is 55.2 Å². The van der Waals surface area contributed by atoms with Crippen LogP contribution in [-0.4, -0.2) is 23.5 Å². The highest BCUT2D eigenvalue weighted by atomic mass is 16.5. The van der Waals surface area contributed by atoms with Crippen LogP contribution in [0.3, 0.4) is 0 Å². The summed E-state index contributed by atoms with van der Waals surface area (Å²) in [4.78, 5) is 23.8. The second-order valence-electron chi connectivity index (χ2n) is 7.80. The number of aryl methyl sites for hydroxylation is 1. The van der Waals surface area contributed by atoms with Gasteiger partial charge in [-0.3, -0.25) is 4.79 Å². The Bertz CT molecular complexity index is 970. The number of unbranched alkanes of at least 4 members (excludes halogenated alkanes) is 3. The van der Waals surface area contributed by atoms with E-state index in [0.717, 1.165) is 17.7 Å². The number of carbonyl (C=O) groups excluding carboxylic acids is 1. The lowest BCUT2D eigenvalue weighted by molar-refractivity contribution is -0.139. The fraction of sp³-hybridized carbons (Fsp3) is 0.357. The normalized spacial score (nSPS) is 11.5. The Hall–Kier alpha value is -3.34. The molecule has 0 spiro atoms. The summed E-state index contributed by atoms with van der Waals surface area (Å²) in [7, 11) is 0. The molecule has 176 valence electrons. The van der Waals surface area contributed by atoms with E-state index in [0.29, 0.717) is 12.2 Å². The van der Waals surface area contributed by atoms with E-state index < -0.39 is 12.6 Å². The topological polar surface area (TPSA) is 72.8 Å². The quantitative estimate of drug-likeness (QED) is 0.147. The van der Waals surface area contributed by atoms with E-state index in [1.807, 2.05) is 32.1 Å². The van der Waals surface area contributed by atoms with Gasteiger partial charge >= 0.3 is 5.97 Å². The van der Waals surface area contributed by atoms with Crippen LogP contribution in [0.1, 0.15) is 74.4 Å². The van der Waals surface area contributed by atoms with E-state index in [1.54, 1.807) is 24.3 Å².